The zero-order valence-electron chi connectivity index (χ0n) is 18.3. The van der Waals surface area contributed by atoms with Crippen LogP contribution in [0.1, 0.15) is 0 Å². The van der Waals surface area contributed by atoms with E-state index in [1.54, 1.807) is 0 Å². The molecule has 4 aromatic carbocycles. The fourth-order valence-electron chi connectivity index (χ4n) is 4.78. The number of rotatable bonds is 2. The summed E-state index contributed by atoms with van der Waals surface area (Å²) in [5.74, 6) is 0. The minimum Gasteiger partial charge on any atom is -0.254 e. The summed E-state index contributed by atoms with van der Waals surface area (Å²) in [7, 11) is 0. The van der Waals surface area contributed by atoms with Crippen LogP contribution in [0, 0.1) is 0 Å². The van der Waals surface area contributed by atoms with Crippen molar-refractivity contribution < 1.29 is 0 Å². The van der Waals surface area contributed by atoms with Crippen LogP contribution in [-0.4, -0.2) is 15.0 Å². The molecule has 0 spiro atoms. The molecule has 3 heterocycles. The summed E-state index contributed by atoms with van der Waals surface area (Å²) < 4.78 is 0. The van der Waals surface area contributed by atoms with E-state index in [1.807, 2.05) is 30.5 Å². The SMILES string of the molecule is c1ccc(-c2ccc(-c3nc4ccccc4c4nc5c(ccc6cccnc65)cc34)cc2)cc1. The lowest BCUT2D eigenvalue weighted by Crippen LogP contribution is -1.94. The maximum absolute atomic E-state index is 5.18. The van der Waals surface area contributed by atoms with Crippen molar-refractivity contribution in [3.05, 3.63) is 115 Å². The lowest BCUT2D eigenvalue weighted by atomic mass is 9.98. The second-order valence-electron chi connectivity index (χ2n) is 8.52. The molecule has 0 aliphatic heterocycles. The highest BCUT2D eigenvalue weighted by molar-refractivity contribution is 6.15. The van der Waals surface area contributed by atoms with Gasteiger partial charge in [-0.05, 0) is 29.3 Å². The van der Waals surface area contributed by atoms with E-state index in [2.05, 4.69) is 89.9 Å². The minimum atomic E-state index is 0.923. The van der Waals surface area contributed by atoms with Crippen molar-refractivity contribution in [3.8, 4) is 22.4 Å². The van der Waals surface area contributed by atoms with E-state index < -0.39 is 0 Å². The average Bonchev–Trinajstić information content (AvgIpc) is 2.92. The smallest absolute Gasteiger partial charge is 0.0972 e. The van der Waals surface area contributed by atoms with Crippen molar-refractivity contribution in [2.45, 2.75) is 0 Å². The monoisotopic (exact) mass is 433 g/mol. The van der Waals surface area contributed by atoms with Crippen molar-refractivity contribution in [3.63, 3.8) is 0 Å². The van der Waals surface area contributed by atoms with Crippen LogP contribution in [0.2, 0.25) is 0 Å². The topological polar surface area (TPSA) is 38.7 Å². The largest absolute Gasteiger partial charge is 0.254 e. The van der Waals surface area contributed by atoms with E-state index >= 15 is 0 Å². The van der Waals surface area contributed by atoms with Crippen molar-refractivity contribution in [1.29, 1.82) is 0 Å². The van der Waals surface area contributed by atoms with Crippen LogP contribution < -0.4 is 0 Å². The molecule has 158 valence electrons. The molecule has 0 radical (unpaired) electrons. The first-order valence-electron chi connectivity index (χ1n) is 11.4. The highest BCUT2D eigenvalue weighted by Gasteiger charge is 2.14. The van der Waals surface area contributed by atoms with E-state index in [4.69, 9.17) is 9.97 Å². The van der Waals surface area contributed by atoms with Gasteiger partial charge in [-0.1, -0.05) is 91.0 Å². The van der Waals surface area contributed by atoms with Gasteiger partial charge in [0.25, 0.3) is 0 Å². The molecular weight excluding hydrogens is 414 g/mol. The second-order valence-corrected chi connectivity index (χ2v) is 8.52. The minimum absolute atomic E-state index is 0.923. The third kappa shape index (κ3) is 2.95. The number of fused-ring (bicyclic) bond motifs is 6. The molecule has 0 saturated carbocycles. The molecule has 0 unspecified atom stereocenters. The molecule has 0 saturated heterocycles. The number of hydrogen-bond acceptors (Lipinski definition) is 3. The van der Waals surface area contributed by atoms with Crippen LogP contribution in [-0.2, 0) is 0 Å². The summed E-state index contributed by atoms with van der Waals surface area (Å²) >= 11 is 0. The van der Waals surface area contributed by atoms with Crippen molar-refractivity contribution in [2.24, 2.45) is 0 Å². The Kier molecular flexibility index (Phi) is 4.15. The Morgan fingerprint density at radius 3 is 2.06 bits per heavy atom. The van der Waals surface area contributed by atoms with Crippen molar-refractivity contribution in [2.75, 3.05) is 0 Å². The quantitative estimate of drug-likeness (QED) is 0.206. The van der Waals surface area contributed by atoms with Gasteiger partial charge in [0, 0.05) is 33.3 Å². The Morgan fingerprint density at radius 1 is 0.441 bits per heavy atom. The van der Waals surface area contributed by atoms with Gasteiger partial charge < -0.3 is 0 Å². The molecule has 34 heavy (non-hydrogen) atoms. The Morgan fingerprint density at radius 2 is 1.18 bits per heavy atom. The second kappa shape index (κ2) is 7.46. The van der Waals surface area contributed by atoms with Crippen molar-refractivity contribution >= 4 is 43.6 Å². The van der Waals surface area contributed by atoms with Gasteiger partial charge in [0.2, 0.25) is 0 Å². The van der Waals surface area contributed by atoms with Gasteiger partial charge in [0.15, 0.2) is 0 Å². The summed E-state index contributed by atoms with van der Waals surface area (Å²) in [6, 6.07) is 37.8. The molecule has 0 aliphatic carbocycles. The third-order valence-electron chi connectivity index (χ3n) is 6.47. The third-order valence-corrected chi connectivity index (χ3v) is 6.47. The van der Waals surface area contributed by atoms with Gasteiger partial charge in [-0.3, -0.25) is 4.98 Å². The molecule has 0 atom stereocenters. The summed E-state index contributed by atoms with van der Waals surface area (Å²) in [5, 5.41) is 4.26. The van der Waals surface area contributed by atoms with Gasteiger partial charge in [0.05, 0.1) is 27.8 Å². The van der Waals surface area contributed by atoms with Crippen LogP contribution in [0.15, 0.2) is 115 Å². The summed E-state index contributed by atoms with van der Waals surface area (Å²) in [6.07, 6.45) is 1.83. The van der Waals surface area contributed by atoms with Crippen LogP contribution in [0.25, 0.3) is 66.0 Å². The first-order valence-corrected chi connectivity index (χ1v) is 11.4. The maximum atomic E-state index is 5.18. The zero-order chi connectivity index (χ0) is 22.5. The van der Waals surface area contributed by atoms with Gasteiger partial charge in [0.1, 0.15) is 0 Å². The van der Waals surface area contributed by atoms with Gasteiger partial charge in [-0.15, -0.1) is 0 Å². The molecule has 7 aromatic rings. The summed E-state index contributed by atoms with van der Waals surface area (Å²) in [6.45, 7) is 0. The van der Waals surface area contributed by atoms with Crippen LogP contribution in [0.5, 0.6) is 0 Å². The predicted octanol–water partition coefficient (Wildman–Crippen LogP) is 7.82. The zero-order valence-corrected chi connectivity index (χ0v) is 18.3. The maximum Gasteiger partial charge on any atom is 0.0972 e. The Bertz CT molecular complexity index is 1840. The number of benzene rings is 4. The van der Waals surface area contributed by atoms with Crippen LogP contribution in [0.4, 0.5) is 0 Å². The van der Waals surface area contributed by atoms with Crippen LogP contribution >= 0.6 is 0 Å². The molecule has 0 bridgehead atoms. The first kappa shape index (κ1) is 18.9. The number of pyridine rings is 3. The number of hydrogen-bond donors (Lipinski definition) is 0. The predicted molar refractivity (Wildman–Crippen MR) is 141 cm³/mol. The Hall–Kier alpha value is -4.63. The Balaban J connectivity index is 1.52. The molecule has 7 rings (SSSR count). The molecular formula is C31H19N3. The first-order chi connectivity index (χ1) is 16.8. The fraction of sp³-hybridized carbons (Fsp3) is 0. The number of para-hydroxylation sites is 1. The normalized spacial score (nSPS) is 11.5. The van der Waals surface area contributed by atoms with Gasteiger partial charge >= 0.3 is 0 Å². The molecule has 0 aliphatic rings. The van der Waals surface area contributed by atoms with Gasteiger partial charge in [-0.2, -0.15) is 0 Å². The summed E-state index contributed by atoms with van der Waals surface area (Å²) in [5.41, 5.74) is 8.17. The van der Waals surface area contributed by atoms with E-state index in [1.165, 1.54) is 11.1 Å². The molecule has 3 aromatic heterocycles. The highest BCUT2D eigenvalue weighted by Crippen LogP contribution is 2.35. The van der Waals surface area contributed by atoms with E-state index in [-0.39, 0.29) is 0 Å². The fourth-order valence-corrected chi connectivity index (χ4v) is 4.78. The van der Waals surface area contributed by atoms with Gasteiger partial charge in [-0.25, -0.2) is 9.97 Å². The lowest BCUT2D eigenvalue weighted by Gasteiger charge is -2.12. The molecule has 0 amide bonds. The van der Waals surface area contributed by atoms with Crippen molar-refractivity contribution in [1.82, 2.24) is 15.0 Å². The van der Waals surface area contributed by atoms with E-state index in [0.717, 1.165) is 54.9 Å². The summed E-state index contributed by atoms with van der Waals surface area (Å²) in [4.78, 5) is 14.9. The molecule has 3 heteroatoms. The van der Waals surface area contributed by atoms with Crippen LogP contribution in [0.3, 0.4) is 0 Å². The highest BCUT2D eigenvalue weighted by atomic mass is 14.8. The number of aromatic nitrogens is 3. The lowest BCUT2D eigenvalue weighted by molar-refractivity contribution is 1.39. The number of nitrogens with zero attached hydrogens (tertiary/aromatic N) is 3. The molecule has 0 N–H and O–H groups in total. The average molecular weight is 434 g/mol. The molecule has 3 nitrogen and oxygen atoms in total. The standard InChI is InChI=1S/C31H19N3/c1-2-7-20(8-3-1)21-12-14-23(15-13-21)28-26-19-24-17-16-22-9-6-18-32-29(22)30(24)34-31(26)25-10-4-5-11-27(25)33-28/h1-19H. The van der Waals surface area contributed by atoms with E-state index in [0.29, 0.717) is 0 Å². The molecule has 0 fully saturated rings. The Labute approximate surface area is 196 Å². The van der Waals surface area contributed by atoms with E-state index in [9.17, 15) is 0 Å².